The van der Waals surface area contributed by atoms with Crippen molar-refractivity contribution in [1.82, 2.24) is 4.57 Å². The second-order valence-electron chi connectivity index (χ2n) is 11.6. The number of nitrogens with zero attached hydrogens (tertiary/aromatic N) is 2. The summed E-state index contributed by atoms with van der Waals surface area (Å²) >= 11 is 1.90. The minimum atomic E-state index is -0.198. The van der Waals surface area contributed by atoms with E-state index < -0.39 is 0 Å². The van der Waals surface area contributed by atoms with Gasteiger partial charge in [-0.2, -0.15) is 0 Å². The molecule has 206 valence electrons. The normalized spacial score (nSPS) is 14.9. The van der Waals surface area contributed by atoms with E-state index in [2.05, 4.69) is 149 Å². The average molecular weight is 580 g/mol. The highest BCUT2D eigenvalue weighted by atomic mass is 32.1. The number of aliphatic imine (C=N–C) groups is 1. The highest BCUT2D eigenvalue weighted by Crippen LogP contribution is 2.45. The third-order valence-corrected chi connectivity index (χ3v) is 10.4. The molecular formula is C40H25N3S. The summed E-state index contributed by atoms with van der Waals surface area (Å²) in [6, 6.07) is 50.4. The van der Waals surface area contributed by atoms with Gasteiger partial charge in [-0.05, 0) is 51.9 Å². The molecular weight excluding hydrogens is 555 g/mol. The van der Waals surface area contributed by atoms with E-state index in [4.69, 9.17) is 4.99 Å². The summed E-state index contributed by atoms with van der Waals surface area (Å²) in [4.78, 5) is 5.30. The standard InChI is InChI=1S/C40H25N3S/c1-2-12-26(13-3-1)38-40(42-33-17-9-8-16-32(33)41-38)43-34-21-19-24-10-4-6-14-27(24)37(34)31-23-36-30(22-35(31)43)29-20-18-25-11-5-7-15-28(25)39(29)44-36/h1-23,40,42H. The van der Waals surface area contributed by atoms with Gasteiger partial charge in [0.05, 0.1) is 28.1 Å². The van der Waals surface area contributed by atoms with E-state index in [1.54, 1.807) is 0 Å². The summed E-state index contributed by atoms with van der Waals surface area (Å²) in [6.45, 7) is 0. The number of para-hydroxylation sites is 2. The zero-order valence-corrected chi connectivity index (χ0v) is 24.5. The monoisotopic (exact) mass is 579 g/mol. The molecule has 0 fully saturated rings. The molecule has 7 aromatic carbocycles. The van der Waals surface area contributed by atoms with Crippen LogP contribution in [0.4, 0.5) is 11.4 Å². The van der Waals surface area contributed by atoms with E-state index in [9.17, 15) is 0 Å². The Bertz CT molecular complexity index is 2640. The van der Waals surface area contributed by atoms with Gasteiger partial charge in [0.25, 0.3) is 0 Å². The summed E-state index contributed by atoms with van der Waals surface area (Å²) in [5.74, 6) is 0. The molecule has 1 unspecified atom stereocenters. The van der Waals surface area contributed by atoms with Crippen molar-refractivity contribution >= 4 is 91.9 Å². The molecule has 0 bridgehead atoms. The fourth-order valence-electron chi connectivity index (χ4n) is 7.21. The molecule has 44 heavy (non-hydrogen) atoms. The fourth-order valence-corrected chi connectivity index (χ4v) is 8.47. The Labute approximate surface area is 257 Å². The number of fused-ring (bicyclic) bond motifs is 11. The Morgan fingerprint density at radius 1 is 0.568 bits per heavy atom. The topological polar surface area (TPSA) is 29.3 Å². The Morgan fingerprint density at radius 3 is 2.18 bits per heavy atom. The van der Waals surface area contributed by atoms with Crippen LogP contribution in [0.5, 0.6) is 0 Å². The minimum absolute atomic E-state index is 0.198. The molecule has 4 heteroatoms. The van der Waals surface area contributed by atoms with E-state index in [-0.39, 0.29) is 6.17 Å². The van der Waals surface area contributed by atoms with Crippen LogP contribution in [0.1, 0.15) is 11.7 Å². The van der Waals surface area contributed by atoms with Gasteiger partial charge < -0.3 is 9.88 Å². The van der Waals surface area contributed by atoms with Gasteiger partial charge in [0.2, 0.25) is 0 Å². The summed E-state index contributed by atoms with van der Waals surface area (Å²) in [6.07, 6.45) is -0.198. The van der Waals surface area contributed by atoms with Crippen molar-refractivity contribution in [3.63, 3.8) is 0 Å². The zero-order chi connectivity index (χ0) is 28.8. The summed E-state index contributed by atoms with van der Waals surface area (Å²) in [5.41, 5.74) is 6.54. The van der Waals surface area contributed by atoms with Gasteiger partial charge in [0.1, 0.15) is 6.17 Å². The average Bonchev–Trinajstić information content (AvgIpc) is 3.62. The summed E-state index contributed by atoms with van der Waals surface area (Å²) in [5, 5.41) is 14.2. The maximum Gasteiger partial charge on any atom is 0.148 e. The first-order valence-electron chi connectivity index (χ1n) is 15.0. The predicted molar refractivity (Wildman–Crippen MR) is 189 cm³/mol. The van der Waals surface area contributed by atoms with Crippen molar-refractivity contribution in [2.24, 2.45) is 4.99 Å². The first-order chi connectivity index (χ1) is 21.8. The van der Waals surface area contributed by atoms with Crippen molar-refractivity contribution in [2.75, 3.05) is 5.32 Å². The van der Waals surface area contributed by atoms with Gasteiger partial charge in [-0.15, -0.1) is 11.3 Å². The number of nitrogens with one attached hydrogen (secondary N) is 1. The number of anilines is 1. The van der Waals surface area contributed by atoms with Crippen molar-refractivity contribution in [3.05, 3.63) is 145 Å². The number of thiophene rings is 1. The van der Waals surface area contributed by atoms with E-state index >= 15 is 0 Å². The molecule has 2 aromatic heterocycles. The van der Waals surface area contributed by atoms with Crippen LogP contribution in [0, 0.1) is 0 Å². The maximum atomic E-state index is 5.30. The van der Waals surface area contributed by atoms with Crippen LogP contribution in [0.25, 0.3) is 63.5 Å². The molecule has 1 aliphatic rings. The number of aromatic nitrogens is 1. The summed E-state index contributed by atoms with van der Waals surface area (Å²) in [7, 11) is 0. The highest BCUT2D eigenvalue weighted by molar-refractivity contribution is 7.26. The lowest BCUT2D eigenvalue weighted by atomic mass is 10.0. The number of benzene rings is 7. The van der Waals surface area contributed by atoms with Crippen LogP contribution in [0.2, 0.25) is 0 Å². The Kier molecular flexibility index (Phi) is 4.93. The molecule has 0 aliphatic carbocycles. The van der Waals surface area contributed by atoms with Gasteiger partial charge in [-0.1, -0.05) is 109 Å². The second-order valence-corrected chi connectivity index (χ2v) is 12.7. The molecule has 1 aliphatic heterocycles. The smallest absolute Gasteiger partial charge is 0.148 e. The van der Waals surface area contributed by atoms with Crippen molar-refractivity contribution in [3.8, 4) is 0 Å². The lowest BCUT2D eigenvalue weighted by molar-refractivity contribution is 0.759. The maximum absolute atomic E-state index is 5.30. The molecule has 1 atom stereocenters. The van der Waals surface area contributed by atoms with Crippen LogP contribution in [0.15, 0.2) is 145 Å². The Hall–Kier alpha value is -5.45. The number of rotatable bonds is 2. The van der Waals surface area contributed by atoms with Crippen LogP contribution < -0.4 is 5.32 Å². The molecule has 3 nitrogen and oxygen atoms in total. The van der Waals surface area contributed by atoms with E-state index in [0.717, 1.165) is 22.6 Å². The predicted octanol–water partition coefficient (Wildman–Crippen LogP) is 11.2. The first kappa shape index (κ1) is 24.0. The largest absolute Gasteiger partial charge is 0.358 e. The van der Waals surface area contributed by atoms with Crippen molar-refractivity contribution in [2.45, 2.75) is 6.17 Å². The fraction of sp³-hybridized carbons (Fsp3) is 0.0250. The van der Waals surface area contributed by atoms with Gasteiger partial charge in [0, 0.05) is 36.5 Å². The van der Waals surface area contributed by atoms with Gasteiger partial charge in [0.15, 0.2) is 0 Å². The molecule has 1 N–H and O–H groups in total. The number of hydrogen-bond donors (Lipinski definition) is 1. The lowest BCUT2D eigenvalue weighted by Crippen LogP contribution is -2.30. The van der Waals surface area contributed by atoms with E-state index in [1.807, 2.05) is 11.3 Å². The van der Waals surface area contributed by atoms with E-state index in [0.29, 0.717) is 0 Å². The Morgan fingerprint density at radius 2 is 1.30 bits per heavy atom. The van der Waals surface area contributed by atoms with Crippen LogP contribution in [-0.4, -0.2) is 10.3 Å². The molecule has 0 saturated heterocycles. The van der Waals surface area contributed by atoms with Crippen LogP contribution in [-0.2, 0) is 0 Å². The van der Waals surface area contributed by atoms with E-state index in [1.165, 1.54) is 63.5 Å². The molecule has 0 amide bonds. The van der Waals surface area contributed by atoms with Crippen molar-refractivity contribution < 1.29 is 0 Å². The molecule has 0 saturated carbocycles. The SMILES string of the molecule is c1ccc(C2=Nc3ccccc3NC2n2c3cc4c(cc3c3c5ccccc5ccc32)sc2c3ccccc3ccc42)cc1. The van der Waals surface area contributed by atoms with Crippen molar-refractivity contribution in [1.29, 1.82) is 0 Å². The lowest BCUT2D eigenvalue weighted by Gasteiger charge is -2.30. The first-order valence-corrected chi connectivity index (χ1v) is 15.8. The zero-order valence-electron chi connectivity index (χ0n) is 23.7. The molecule has 0 radical (unpaired) electrons. The molecule has 3 heterocycles. The Balaban J connectivity index is 1.35. The molecule has 10 rings (SSSR count). The van der Waals surface area contributed by atoms with Gasteiger partial charge >= 0.3 is 0 Å². The van der Waals surface area contributed by atoms with Gasteiger partial charge in [-0.25, -0.2) is 4.99 Å². The number of hydrogen-bond acceptors (Lipinski definition) is 3. The highest BCUT2D eigenvalue weighted by Gasteiger charge is 2.29. The molecule has 0 spiro atoms. The van der Waals surface area contributed by atoms with Gasteiger partial charge in [-0.3, -0.25) is 0 Å². The third kappa shape index (κ3) is 3.34. The quantitative estimate of drug-likeness (QED) is 0.217. The minimum Gasteiger partial charge on any atom is -0.358 e. The second kappa shape index (κ2) is 9.03. The van der Waals surface area contributed by atoms with Crippen LogP contribution in [0.3, 0.4) is 0 Å². The third-order valence-electron chi connectivity index (χ3n) is 9.20. The molecule has 9 aromatic rings. The summed E-state index contributed by atoms with van der Waals surface area (Å²) < 4.78 is 5.15. The van der Waals surface area contributed by atoms with Crippen LogP contribution >= 0.6 is 11.3 Å².